The van der Waals surface area contributed by atoms with E-state index in [1.54, 1.807) is 6.07 Å². The Labute approximate surface area is 140 Å². The van der Waals surface area contributed by atoms with Crippen molar-refractivity contribution >= 4 is 5.71 Å². The summed E-state index contributed by atoms with van der Waals surface area (Å²) in [5.74, 6) is 7.06. The van der Waals surface area contributed by atoms with Crippen molar-refractivity contribution in [3.05, 3.63) is 47.0 Å². The van der Waals surface area contributed by atoms with Crippen LogP contribution in [-0.2, 0) is 6.42 Å². The van der Waals surface area contributed by atoms with Gasteiger partial charge in [-0.05, 0) is 35.2 Å². The largest absolute Gasteiger partial charge is 0.508 e. The summed E-state index contributed by atoms with van der Waals surface area (Å²) in [6, 6.07) is 8.67. The third-order valence-corrected chi connectivity index (χ3v) is 4.04. The maximum Gasteiger partial charge on any atom is 0.231 e. The van der Waals surface area contributed by atoms with Gasteiger partial charge in [0.25, 0.3) is 0 Å². The Hall–Kier alpha value is -2.89. The highest BCUT2D eigenvalue weighted by atomic mass is 16.7. The number of nitrogens with two attached hydrogens (primary N) is 1. The Bertz CT molecular complexity index is 800. The first-order valence-electron chi connectivity index (χ1n) is 7.71. The molecule has 2 aromatic carbocycles. The molecule has 0 aliphatic carbocycles. The second-order valence-electron chi connectivity index (χ2n) is 6.02. The number of hydrogen-bond acceptors (Lipinski definition) is 6. The van der Waals surface area contributed by atoms with E-state index in [-0.39, 0.29) is 24.2 Å². The van der Waals surface area contributed by atoms with Crippen LogP contribution in [0.3, 0.4) is 0 Å². The minimum atomic E-state index is -0.0538. The van der Waals surface area contributed by atoms with Gasteiger partial charge in [0.2, 0.25) is 6.79 Å². The summed E-state index contributed by atoms with van der Waals surface area (Å²) in [7, 11) is 0. The van der Waals surface area contributed by atoms with Crippen molar-refractivity contribution in [2.45, 2.75) is 26.2 Å². The van der Waals surface area contributed by atoms with E-state index in [1.807, 2.05) is 32.0 Å². The van der Waals surface area contributed by atoms with Crippen LogP contribution < -0.4 is 15.3 Å². The molecule has 1 aliphatic rings. The van der Waals surface area contributed by atoms with Gasteiger partial charge in [0.1, 0.15) is 11.5 Å². The van der Waals surface area contributed by atoms with Crippen LogP contribution in [0.5, 0.6) is 23.0 Å². The molecule has 4 N–H and O–H groups in total. The second-order valence-corrected chi connectivity index (χ2v) is 6.02. The van der Waals surface area contributed by atoms with Crippen molar-refractivity contribution in [2.75, 3.05) is 6.79 Å². The highest BCUT2D eigenvalue weighted by Gasteiger charge is 2.18. The van der Waals surface area contributed by atoms with Gasteiger partial charge in [-0.25, -0.2) is 0 Å². The number of nitrogens with zero attached hydrogens (tertiary/aromatic N) is 1. The number of phenolic OH excluding ortho intramolecular Hbond substituents is 2. The first kappa shape index (κ1) is 16.0. The molecule has 1 aliphatic heterocycles. The van der Waals surface area contributed by atoms with E-state index >= 15 is 0 Å². The Morgan fingerprint density at radius 3 is 2.58 bits per heavy atom. The van der Waals surface area contributed by atoms with Gasteiger partial charge in [0.05, 0.1) is 5.71 Å². The number of rotatable bonds is 4. The van der Waals surface area contributed by atoms with Crippen LogP contribution in [0.25, 0.3) is 0 Å². The van der Waals surface area contributed by atoms with E-state index in [9.17, 15) is 10.2 Å². The van der Waals surface area contributed by atoms with Gasteiger partial charge in [-0.3, -0.25) is 0 Å². The second kappa shape index (κ2) is 6.31. The number of phenols is 2. The molecule has 6 nitrogen and oxygen atoms in total. The molecule has 6 heteroatoms. The third kappa shape index (κ3) is 2.95. The van der Waals surface area contributed by atoms with Crippen LogP contribution in [0.1, 0.15) is 36.5 Å². The molecule has 0 unspecified atom stereocenters. The Morgan fingerprint density at radius 2 is 1.88 bits per heavy atom. The quantitative estimate of drug-likeness (QED) is 0.455. The van der Waals surface area contributed by atoms with E-state index in [1.165, 1.54) is 6.07 Å². The molecule has 0 atom stereocenters. The molecular weight excluding hydrogens is 308 g/mol. The summed E-state index contributed by atoms with van der Waals surface area (Å²) in [6.07, 6.45) is 0.420. The fraction of sp³-hybridized carbons (Fsp3) is 0.278. The molecule has 24 heavy (non-hydrogen) atoms. The van der Waals surface area contributed by atoms with Crippen molar-refractivity contribution < 1.29 is 19.7 Å². The number of benzene rings is 2. The van der Waals surface area contributed by atoms with E-state index in [2.05, 4.69) is 5.10 Å². The topological polar surface area (TPSA) is 97.3 Å². The highest BCUT2D eigenvalue weighted by Crippen LogP contribution is 2.35. The summed E-state index contributed by atoms with van der Waals surface area (Å²) in [5.41, 5.74) is 2.70. The van der Waals surface area contributed by atoms with Gasteiger partial charge in [-0.2, -0.15) is 5.10 Å². The zero-order valence-corrected chi connectivity index (χ0v) is 13.6. The monoisotopic (exact) mass is 328 g/mol. The van der Waals surface area contributed by atoms with Crippen LogP contribution >= 0.6 is 0 Å². The number of hydrogen-bond donors (Lipinski definition) is 3. The molecule has 0 spiro atoms. The van der Waals surface area contributed by atoms with Gasteiger partial charge < -0.3 is 25.5 Å². The Balaban J connectivity index is 1.94. The lowest BCUT2D eigenvalue weighted by Gasteiger charge is -2.14. The predicted molar refractivity (Wildman–Crippen MR) is 90.9 cm³/mol. The molecule has 0 radical (unpaired) electrons. The summed E-state index contributed by atoms with van der Waals surface area (Å²) >= 11 is 0. The Morgan fingerprint density at radius 1 is 1.12 bits per heavy atom. The first-order valence-corrected chi connectivity index (χ1v) is 7.71. The van der Waals surface area contributed by atoms with Crippen LogP contribution in [0.4, 0.5) is 0 Å². The zero-order chi connectivity index (χ0) is 17.3. The molecule has 3 rings (SSSR count). The molecule has 0 saturated heterocycles. The molecule has 0 bridgehead atoms. The number of aromatic hydroxyl groups is 2. The average molecular weight is 328 g/mol. The average Bonchev–Trinajstić information content (AvgIpc) is 3.00. The lowest BCUT2D eigenvalue weighted by molar-refractivity contribution is 0.174. The zero-order valence-electron chi connectivity index (χ0n) is 13.6. The highest BCUT2D eigenvalue weighted by molar-refractivity contribution is 6.04. The lowest BCUT2D eigenvalue weighted by Crippen LogP contribution is -2.09. The van der Waals surface area contributed by atoms with Gasteiger partial charge in [0.15, 0.2) is 11.5 Å². The van der Waals surface area contributed by atoms with Gasteiger partial charge in [0, 0.05) is 18.1 Å². The van der Waals surface area contributed by atoms with Crippen LogP contribution in [0, 0.1) is 0 Å². The summed E-state index contributed by atoms with van der Waals surface area (Å²) in [5, 5.41) is 24.0. The van der Waals surface area contributed by atoms with Gasteiger partial charge >= 0.3 is 0 Å². The van der Waals surface area contributed by atoms with Crippen LogP contribution in [0.2, 0.25) is 0 Å². The van der Waals surface area contributed by atoms with Crippen molar-refractivity contribution in [3.8, 4) is 23.0 Å². The van der Waals surface area contributed by atoms with Crippen molar-refractivity contribution in [1.29, 1.82) is 0 Å². The standard InChI is InChI=1S/C18H20N2O4/c1-10(2)12-7-13(16(22)8-15(12)21)14(20-19)5-11-3-4-17-18(6-11)24-9-23-17/h3-4,6-8,10,21-22H,5,9,19H2,1-2H3. The minimum absolute atomic E-state index is 0.0538. The van der Waals surface area contributed by atoms with Crippen LogP contribution in [-0.4, -0.2) is 22.7 Å². The van der Waals surface area contributed by atoms with E-state index < -0.39 is 0 Å². The molecule has 0 amide bonds. The fourth-order valence-electron chi connectivity index (χ4n) is 2.74. The van der Waals surface area contributed by atoms with Crippen LogP contribution in [0.15, 0.2) is 35.4 Å². The van der Waals surface area contributed by atoms with Gasteiger partial charge in [-0.1, -0.05) is 19.9 Å². The summed E-state index contributed by atoms with van der Waals surface area (Å²) in [6.45, 7) is 4.15. The molecule has 0 saturated carbocycles. The summed E-state index contributed by atoms with van der Waals surface area (Å²) < 4.78 is 10.7. The van der Waals surface area contributed by atoms with E-state index in [0.717, 1.165) is 11.1 Å². The normalized spacial score (nSPS) is 13.5. The molecule has 0 aromatic heterocycles. The maximum absolute atomic E-state index is 10.2. The lowest BCUT2D eigenvalue weighted by atomic mass is 9.94. The van der Waals surface area contributed by atoms with Crippen molar-refractivity contribution in [3.63, 3.8) is 0 Å². The first-order chi connectivity index (χ1) is 11.5. The molecule has 0 fully saturated rings. The fourth-order valence-corrected chi connectivity index (χ4v) is 2.74. The molecule has 1 heterocycles. The molecule has 126 valence electrons. The van der Waals surface area contributed by atoms with Crippen molar-refractivity contribution in [2.24, 2.45) is 10.9 Å². The SMILES string of the molecule is CC(C)c1cc(C(Cc2ccc3c(c2)OCO3)=NN)c(O)cc1O. The Kier molecular flexibility index (Phi) is 4.20. The maximum atomic E-state index is 10.2. The third-order valence-electron chi connectivity index (χ3n) is 4.04. The smallest absolute Gasteiger partial charge is 0.231 e. The number of ether oxygens (including phenoxy) is 2. The minimum Gasteiger partial charge on any atom is -0.508 e. The molecular formula is C18H20N2O4. The van der Waals surface area contributed by atoms with Gasteiger partial charge in [-0.15, -0.1) is 0 Å². The van der Waals surface area contributed by atoms with Crippen molar-refractivity contribution in [1.82, 2.24) is 0 Å². The van der Waals surface area contributed by atoms with E-state index in [0.29, 0.717) is 29.2 Å². The predicted octanol–water partition coefficient (Wildman–Crippen LogP) is 2.86. The number of hydrazone groups is 1. The molecule has 2 aromatic rings. The number of fused-ring (bicyclic) bond motifs is 1. The summed E-state index contributed by atoms with van der Waals surface area (Å²) in [4.78, 5) is 0. The van der Waals surface area contributed by atoms with E-state index in [4.69, 9.17) is 15.3 Å².